The Kier molecular flexibility index (Phi) is 4.37. The molecule has 2 unspecified atom stereocenters. The third kappa shape index (κ3) is 3.30. The predicted molar refractivity (Wildman–Crippen MR) is 116 cm³/mol. The van der Waals surface area contributed by atoms with Gasteiger partial charge in [-0.25, -0.2) is 18.7 Å². The smallest absolute Gasteiger partial charge is 0.272 e. The number of anilines is 1. The van der Waals surface area contributed by atoms with E-state index in [0.717, 1.165) is 41.3 Å². The highest BCUT2D eigenvalue weighted by molar-refractivity contribution is 5.92. The van der Waals surface area contributed by atoms with E-state index < -0.39 is 17.8 Å². The highest BCUT2D eigenvalue weighted by Gasteiger charge is 2.71. The average molecular weight is 453 g/mol. The second-order valence-corrected chi connectivity index (χ2v) is 9.41. The fourth-order valence-corrected chi connectivity index (χ4v) is 5.25. The van der Waals surface area contributed by atoms with E-state index in [1.807, 2.05) is 35.4 Å². The first-order chi connectivity index (χ1) is 15.8. The maximum absolute atomic E-state index is 13.5. The molecule has 2 N–H and O–H groups in total. The van der Waals surface area contributed by atoms with Gasteiger partial charge < -0.3 is 14.8 Å². The van der Waals surface area contributed by atoms with Crippen molar-refractivity contribution in [2.75, 3.05) is 18.0 Å². The van der Waals surface area contributed by atoms with Crippen LogP contribution in [0.25, 0.3) is 0 Å². The number of carbonyl (C=O) groups is 1. The number of pyridine rings is 1. The Morgan fingerprint density at radius 1 is 1.27 bits per heavy atom. The third-order valence-electron chi connectivity index (χ3n) is 7.35. The summed E-state index contributed by atoms with van der Waals surface area (Å²) in [6, 6.07) is 3.76. The largest absolute Gasteiger partial charge is 0.356 e. The molecule has 3 aliphatic rings. The fourth-order valence-electron chi connectivity index (χ4n) is 5.25. The van der Waals surface area contributed by atoms with E-state index in [4.69, 9.17) is 0 Å². The Morgan fingerprint density at radius 2 is 2.06 bits per heavy atom. The van der Waals surface area contributed by atoms with E-state index in [2.05, 4.69) is 25.5 Å². The van der Waals surface area contributed by atoms with Gasteiger partial charge in [-0.3, -0.25) is 9.89 Å². The number of nitrogens with one attached hydrogen (secondary N) is 2. The van der Waals surface area contributed by atoms with Gasteiger partial charge in [0, 0.05) is 30.7 Å². The van der Waals surface area contributed by atoms with Crippen LogP contribution in [0.3, 0.4) is 0 Å². The van der Waals surface area contributed by atoms with Crippen molar-refractivity contribution < 1.29 is 13.6 Å². The van der Waals surface area contributed by atoms with E-state index in [0.29, 0.717) is 25.3 Å². The van der Waals surface area contributed by atoms with Gasteiger partial charge in [0.15, 0.2) is 0 Å². The van der Waals surface area contributed by atoms with Crippen LogP contribution in [-0.2, 0) is 13.0 Å². The number of aromatic amines is 1. The molecule has 0 bridgehead atoms. The molecule has 172 valence electrons. The van der Waals surface area contributed by atoms with Crippen LogP contribution < -0.4 is 10.2 Å². The van der Waals surface area contributed by atoms with Crippen molar-refractivity contribution in [3.8, 4) is 0 Å². The van der Waals surface area contributed by atoms with E-state index in [1.165, 1.54) is 5.56 Å². The van der Waals surface area contributed by atoms with Gasteiger partial charge in [-0.2, -0.15) is 5.10 Å². The number of H-pyrrole nitrogens is 1. The number of halogens is 2. The van der Waals surface area contributed by atoms with Gasteiger partial charge in [-0.1, -0.05) is 6.07 Å². The molecule has 0 spiro atoms. The molecule has 2 aliphatic carbocycles. The minimum Gasteiger partial charge on any atom is -0.356 e. The van der Waals surface area contributed by atoms with Gasteiger partial charge in [0.2, 0.25) is 0 Å². The van der Waals surface area contributed by atoms with Crippen molar-refractivity contribution in [3.05, 3.63) is 58.6 Å². The van der Waals surface area contributed by atoms with Crippen LogP contribution in [-0.4, -0.2) is 49.7 Å². The number of amides is 1. The molecule has 1 saturated heterocycles. The molecule has 33 heavy (non-hydrogen) atoms. The fraction of sp³-hybridized carbons (Fsp3) is 0.478. The Balaban J connectivity index is 1.10. The number of aryl methyl sites for hydroxylation is 2. The molecule has 3 aromatic rings. The lowest BCUT2D eigenvalue weighted by atomic mass is 10.2. The van der Waals surface area contributed by atoms with E-state index in [9.17, 15) is 13.6 Å². The Bertz CT molecular complexity index is 1240. The summed E-state index contributed by atoms with van der Waals surface area (Å²) in [6.45, 7) is 5.16. The van der Waals surface area contributed by atoms with Gasteiger partial charge >= 0.3 is 0 Å². The van der Waals surface area contributed by atoms with E-state index >= 15 is 0 Å². The number of imidazole rings is 1. The van der Waals surface area contributed by atoms with Crippen LogP contribution in [0.4, 0.5) is 14.6 Å². The molecule has 4 heterocycles. The van der Waals surface area contributed by atoms with Gasteiger partial charge in [0.1, 0.15) is 11.5 Å². The van der Waals surface area contributed by atoms with Crippen molar-refractivity contribution in [1.82, 2.24) is 30.0 Å². The van der Waals surface area contributed by atoms with Gasteiger partial charge in [-0.15, -0.1) is 0 Å². The summed E-state index contributed by atoms with van der Waals surface area (Å²) in [5, 5.41) is 10.4. The Hall–Kier alpha value is -3.30. The summed E-state index contributed by atoms with van der Waals surface area (Å²) in [7, 11) is 0. The summed E-state index contributed by atoms with van der Waals surface area (Å²) in [6.07, 6.45) is 5.11. The van der Waals surface area contributed by atoms with Gasteiger partial charge in [0.25, 0.3) is 11.8 Å². The quantitative estimate of drug-likeness (QED) is 0.620. The lowest BCUT2D eigenvalue weighted by Gasteiger charge is -2.21. The number of hydrogen-bond acceptors (Lipinski definition) is 5. The van der Waals surface area contributed by atoms with Crippen molar-refractivity contribution >= 4 is 11.7 Å². The molecule has 0 radical (unpaired) electrons. The maximum atomic E-state index is 13.5. The van der Waals surface area contributed by atoms with Crippen molar-refractivity contribution in [2.45, 2.75) is 45.2 Å². The number of fused-ring (bicyclic) bond motifs is 2. The van der Waals surface area contributed by atoms with Crippen molar-refractivity contribution in [2.24, 2.45) is 11.8 Å². The zero-order chi connectivity index (χ0) is 22.9. The van der Waals surface area contributed by atoms with E-state index in [-0.39, 0.29) is 11.9 Å². The number of aromatic nitrogens is 5. The Morgan fingerprint density at radius 3 is 2.82 bits per heavy atom. The molecule has 1 saturated carbocycles. The SMILES string of the molecule is Cc1nc(N2CC3C(C2)C3(F)F)ccc1Cn1cnc(C(=O)N[C@@H]2CCc3c2n[nH]c3C)c1. The van der Waals surface area contributed by atoms with Crippen LogP contribution in [0.15, 0.2) is 24.7 Å². The molecule has 6 rings (SSSR count). The van der Waals surface area contributed by atoms with Crippen LogP contribution in [0.2, 0.25) is 0 Å². The number of alkyl halides is 2. The molecule has 1 aliphatic heterocycles. The number of nitrogens with zero attached hydrogens (tertiary/aromatic N) is 5. The lowest BCUT2D eigenvalue weighted by Crippen LogP contribution is -2.28. The molecule has 1 amide bonds. The molecule has 0 aromatic carbocycles. The highest BCUT2D eigenvalue weighted by Crippen LogP contribution is 2.59. The van der Waals surface area contributed by atoms with Crippen LogP contribution in [0.5, 0.6) is 0 Å². The number of hydrogen-bond donors (Lipinski definition) is 2. The minimum absolute atomic E-state index is 0.0989. The minimum atomic E-state index is -2.49. The monoisotopic (exact) mass is 453 g/mol. The summed E-state index contributed by atoms with van der Waals surface area (Å²) in [4.78, 5) is 23.6. The van der Waals surface area contributed by atoms with E-state index in [1.54, 1.807) is 12.5 Å². The Labute approximate surface area is 189 Å². The molecule has 3 aromatic heterocycles. The molecule has 8 nitrogen and oxygen atoms in total. The van der Waals surface area contributed by atoms with Crippen molar-refractivity contribution in [3.63, 3.8) is 0 Å². The first-order valence-electron chi connectivity index (χ1n) is 11.3. The lowest BCUT2D eigenvalue weighted by molar-refractivity contribution is 0.0796. The topological polar surface area (TPSA) is 91.7 Å². The summed E-state index contributed by atoms with van der Waals surface area (Å²) in [5.41, 5.74) is 5.35. The second-order valence-electron chi connectivity index (χ2n) is 9.41. The summed E-state index contributed by atoms with van der Waals surface area (Å²) in [5.74, 6) is -3.02. The van der Waals surface area contributed by atoms with Crippen LogP contribution in [0, 0.1) is 25.7 Å². The number of rotatable bonds is 5. The highest BCUT2D eigenvalue weighted by atomic mass is 19.3. The number of carbonyl (C=O) groups excluding carboxylic acids is 1. The second kappa shape index (κ2) is 7.10. The van der Waals surface area contributed by atoms with Gasteiger partial charge in [0.05, 0.1) is 36.4 Å². The zero-order valence-electron chi connectivity index (χ0n) is 18.5. The predicted octanol–water partition coefficient (Wildman–Crippen LogP) is 2.78. The molecule has 2 fully saturated rings. The molecular weight excluding hydrogens is 428 g/mol. The molecule has 10 heteroatoms. The van der Waals surface area contributed by atoms with Crippen LogP contribution >= 0.6 is 0 Å². The average Bonchev–Trinajstić information content (AvgIpc) is 3.41. The zero-order valence-corrected chi connectivity index (χ0v) is 18.5. The first-order valence-corrected chi connectivity index (χ1v) is 11.3. The first kappa shape index (κ1) is 20.3. The molecule has 3 atom stereocenters. The molecular formula is C23H25F2N7O. The normalized spacial score (nSPS) is 24.6. The third-order valence-corrected chi connectivity index (χ3v) is 7.35. The van der Waals surface area contributed by atoms with Crippen molar-refractivity contribution in [1.29, 1.82) is 0 Å². The van der Waals surface area contributed by atoms with Gasteiger partial charge in [-0.05, 0) is 43.9 Å². The van der Waals surface area contributed by atoms with Crippen LogP contribution in [0.1, 0.15) is 51.2 Å². The maximum Gasteiger partial charge on any atom is 0.272 e. The summed E-state index contributed by atoms with van der Waals surface area (Å²) < 4.78 is 28.8. The number of piperidine rings is 1. The summed E-state index contributed by atoms with van der Waals surface area (Å²) >= 11 is 0. The standard InChI is InChI=1S/C23H25F2N7O/c1-12-14(3-6-20(27-12)32-8-16-17(9-32)23(16,24)25)7-31-10-19(26-11-31)22(33)28-18-5-4-15-13(2)29-30-21(15)18/h3,6,10-11,16-18H,4-5,7-9H2,1-2H3,(H,28,33)(H,29,30)/t16?,17?,18-/m1/s1.